The normalized spacial score (nSPS) is 13.5. The fraction of sp³-hybridized carbons (Fsp3) is 0.316. The molecule has 1 aliphatic rings. The number of hydrogen-bond acceptors (Lipinski definition) is 8. The van der Waals surface area contributed by atoms with Crippen molar-refractivity contribution in [2.75, 3.05) is 29.1 Å². The highest BCUT2D eigenvalue weighted by molar-refractivity contribution is 7.99. The van der Waals surface area contributed by atoms with Crippen molar-refractivity contribution in [3.8, 4) is 0 Å². The van der Waals surface area contributed by atoms with Gasteiger partial charge in [-0.15, -0.1) is 10.2 Å². The van der Waals surface area contributed by atoms with E-state index in [1.165, 1.54) is 30.0 Å². The number of nitrogens with zero attached hydrogens (tertiary/aromatic N) is 5. The molecule has 31 heavy (non-hydrogen) atoms. The summed E-state index contributed by atoms with van der Waals surface area (Å²) in [5.74, 6) is 1.29. The Morgan fingerprint density at radius 3 is 2.77 bits per heavy atom. The highest BCUT2D eigenvalue weighted by Gasteiger charge is 2.22. The van der Waals surface area contributed by atoms with Crippen molar-refractivity contribution in [1.82, 2.24) is 14.8 Å². The van der Waals surface area contributed by atoms with E-state index in [1.54, 1.807) is 6.26 Å². The van der Waals surface area contributed by atoms with E-state index in [4.69, 9.17) is 16.0 Å². The molecule has 1 amide bonds. The Morgan fingerprint density at radius 2 is 2.10 bits per heavy atom. The summed E-state index contributed by atoms with van der Waals surface area (Å²) in [5, 5.41) is 22.8. The molecular formula is C19H19ClN6O4S. The summed E-state index contributed by atoms with van der Waals surface area (Å²) in [7, 11) is 0. The third kappa shape index (κ3) is 5.00. The smallest absolute Gasteiger partial charge is 0.271 e. The molecule has 162 valence electrons. The van der Waals surface area contributed by atoms with Crippen LogP contribution >= 0.6 is 23.4 Å². The molecule has 0 radical (unpaired) electrons. The van der Waals surface area contributed by atoms with Gasteiger partial charge in [0.1, 0.15) is 5.76 Å². The second-order valence-corrected chi connectivity index (χ2v) is 8.25. The van der Waals surface area contributed by atoms with Gasteiger partial charge < -0.3 is 14.6 Å². The van der Waals surface area contributed by atoms with Crippen LogP contribution < -0.4 is 10.2 Å². The SMILES string of the molecule is O=C(CSc1nnc(N2CCCC2)n1Cc1ccco1)Nc1ccc([N+](=O)[O-])cc1Cl. The van der Waals surface area contributed by atoms with Crippen LogP contribution in [0.15, 0.2) is 46.2 Å². The molecule has 2 aromatic heterocycles. The third-order valence-corrected chi connectivity index (χ3v) is 6.03. The molecule has 0 saturated carbocycles. The number of nitrogens with one attached hydrogen (secondary N) is 1. The number of nitro groups is 1. The summed E-state index contributed by atoms with van der Waals surface area (Å²) in [6, 6.07) is 7.60. The second-order valence-electron chi connectivity index (χ2n) is 6.90. The zero-order valence-electron chi connectivity index (χ0n) is 16.4. The Kier molecular flexibility index (Phi) is 6.42. The Morgan fingerprint density at radius 1 is 1.29 bits per heavy atom. The molecule has 0 atom stereocenters. The number of carbonyl (C=O) groups is 1. The number of carbonyl (C=O) groups excluding carboxylic acids is 1. The van der Waals surface area contributed by atoms with E-state index in [-0.39, 0.29) is 22.4 Å². The van der Waals surface area contributed by atoms with E-state index < -0.39 is 4.92 Å². The summed E-state index contributed by atoms with van der Waals surface area (Å²) >= 11 is 7.29. The zero-order chi connectivity index (χ0) is 21.8. The molecule has 3 heterocycles. The number of hydrogen-bond donors (Lipinski definition) is 1. The van der Waals surface area contributed by atoms with Crippen molar-refractivity contribution in [2.45, 2.75) is 24.5 Å². The van der Waals surface area contributed by atoms with Crippen LogP contribution in [0.2, 0.25) is 5.02 Å². The lowest BCUT2D eigenvalue weighted by atomic mass is 10.3. The maximum absolute atomic E-state index is 12.4. The molecule has 1 fully saturated rings. The minimum Gasteiger partial charge on any atom is -0.467 e. The van der Waals surface area contributed by atoms with Crippen LogP contribution in [0, 0.1) is 10.1 Å². The van der Waals surface area contributed by atoms with Crippen molar-refractivity contribution in [2.24, 2.45) is 0 Å². The molecule has 4 rings (SSSR count). The minimum absolute atomic E-state index is 0.0730. The zero-order valence-corrected chi connectivity index (χ0v) is 17.9. The molecular weight excluding hydrogens is 444 g/mol. The first-order chi connectivity index (χ1) is 15.0. The summed E-state index contributed by atoms with van der Waals surface area (Å²) < 4.78 is 7.42. The Hall–Kier alpha value is -3.05. The van der Waals surface area contributed by atoms with Crippen molar-refractivity contribution >= 4 is 46.6 Å². The van der Waals surface area contributed by atoms with Gasteiger partial charge in [-0.2, -0.15) is 0 Å². The van der Waals surface area contributed by atoms with Gasteiger partial charge in [0.25, 0.3) is 5.69 Å². The van der Waals surface area contributed by atoms with E-state index in [1.807, 2.05) is 16.7 Å². The minimum atomic E-state index is -0.545. The molecule has 3 aromatic rings. The summed E-state index contributed by atoms with van der Waals surface area (Å²) in [4.78, 5) is 24.9. The van der Waals surface area contributed by atoms with Crippen LogP contribution in [0.1, 0.15) is 18.6 Å². The molecule has 0 bridgehead atoms. The van der Waals surface area contributed by atoms with Crippen LogP contribution in [0.4, 0.5) is 17.3 Å². The van der Waals surface area contributed by atoms with Crippen LogP contribution in [0.25, 0.3) is 0 Å². The number of rotatable bonds is 8. The van der Waals surface area contributed by atoms with Crippen molar-refractivity contribution < 1.29 is 14.1 Å². The molecule has 1 saturated heterocycles. The molecule has 1 aliphatic heterocycles. The van der Waals surface area contributed by atoms with E-state index in [0.717, 1.165) is 37.6 Å². The quantitative estimate of drug-likeness (QED) is 0.305. The Balaban J connectivity index is 1.45. The maximum atomic E-state index is 12.4. The first-order valence-electron chi connectivity index (χ1n) is 9.58. The lowest BCUT2D eigenvalue weighted by molar-refractivity contribution is -0.384. The van der Waals surface area contributed by atoms with E-state index >= 15 is 0 Å². The van der Waals surface area contributed by atoms with Gasteiger partial charge in [-0.1, -0.05) is 23.4 Å². The number of non-ortho nitro benzene ring substituents is 1. The van der Waals surface area contributed by atoms with Gasteiger partial charge in [-0.05, 0) is 31.0 Å². The highest BCUT2D eigenvalue weighted by Crippen LogP contribution is 2.28. The fourth-order valence-corrected chi connectivity index (χ4v) is 4.23. The lowest BCUT2D eigenvalue weighted by Gasteiger charge is -2.17. The largest absolute Gasteiger partial charge is 0.467 e. The van der Waals surface area contributed by atoms with E-state index in [9.17, 15) is 14.9 Å². The summed E-state index contributed by atoms with van der Waals surface area (Å²) in [6.07, 6.45) is 3.83. The monoisotopic (exact) mass is 462 g/mol. The first kappa shape index (κ1) is 21.2. The number of nitro benzene ring substituents is 1. The molecule has 12 heteroatoms. The standard InChI is InChI=1S/C19H19ClN6O4S/c20-15-10-13(26(28)29)5-6-16(15)21-17(27)12-31-19-23-22-18(24-7-1-2-8-24)25(19)11-14-4-3-9-30-14/h3-6,9-10H,1-2,7-8,11-12H2,(H,21,27). The molecule has 0 unspecified atom stereocenters. The third-order valence-electron chi connectivity index (χ3n) is 4.75. The lowest BCUT2D eigenvalue weighted by Crippen LogP contribution is -2.23. The topological polar surface area (TPSA) is 119 Å². The number of halogens is 1. The van der Waals surface area contributed by atoms with E-state index in [2.05, 4.69) is 20.4 Å². The van der Waals surface area contributed by atoms with Crippen LogP contribution in [-0.2, 0) is 11.3 Å². The maximum Gasteiger partial charge on any atom is 0.271 e. The van der Waals surface area contributed by atoms with Crippen LogP contribution in [0.5, 0.6) is 0 Å². The van der Waals surface area contributed by atoms with Gasteiger partial charge in [0.05, 0.1) is 34.2 Å². The molecule has 0 aliphatic carbocycles. The fourth-order valence-electron chi connectivity index (χ4n) is 3.27. The van der Waals surface area contributed by atoms with Crippen molar-refractivity contribution in [3.05, 3.63) is 57.5 Å². The summed E-state index contributed by atoms with van der Waals surface area (Å²) in [6.45, 7) is 2.30. The van der Waals surface area contributed by atoms with E-state index in [0.29, 0.717) is 17.4 Å². The van der Waals surface area contributed by atoms with Gasteiger partial charge >= 0.3 is 0 Å². The van der Waals surface area contributed by atoms with Gasteiger partial charge in [-0.25, -0.2) is 0 Å². The average molecular weight is 463 g/mol. The number of furan rings is 1. The number of aromatic nitrogens is 3. The number of benzene rings is 1. The predicted octanol–water partition coefficient (Wildman–Crippen LogP) is 3.81. The van der Waals surface area contributed by atoms with Crippen LogP contribution in [-0.4, -0.2) is 44.4 Å². The van der Waals surface area contributed by atoms with Gasteiger partial charge in [0.15, 0.2) is 5.16 Å². The first-order valence-corrected chi connectivity index (χ1v) is 10.9. The molecule has 0 spiro atoms. The number of anilines is 2. The average Bonchev–Trinajstić information content (AvgIpc) is 3.50. The van der Waals surface area contributed by atoms with Gasteiger partial charge in [0.2, 0.25) is 11.9 Å². The van der Waals surface area contributed by atoms with Gasteiger partial charge in [0, 0.05) is 25.2 Å². The molecule has 1 aromatic carbocycles. The molecule has 1 N–H and O–H groups in total. The number of thioether (sulfide) groups is 1. The second kappa shape index (κ2) is 9.40. The van der Waals surface area contributed by atoms with Crippen molar-refractivity contribution in [3.63, 3.8) is 0 Å². The Labute approximate surface area is 186 Å². The summed E-state index contributed by atoms with van der Waals surface area (Å²) in [5.41, 5.74) is 0.172. The predicted molar refractivity (Wildman–Crippen MR) is 117 cm³/mol. The van der Waals surface area contributed by atoms with Crippen molar-refractivity contribution in [1.29, 1.82) is 0 Å². The van der Waals surface area contributed by atoms with Crippen LogP contribution in [0.3, 0.4) is 0 Å². The Bertz CT molecular complexity index is 1080. The number of amides is 1. The highest BCUT2D eigenvalue weighted by atomic mass is 35.5. The van der Waals surface area contributed by atoms with Gasteiger partial charge in [-0.3, -0.25) is 19.5 Å². The molecule has 10 nitrogen and oxygen atoms in total.